The van der Waals surface area contributed by atoms with Crippen molar-refractivity contribution in [2.45, 2.75) is 87.1 Å². The van der Waals surface area contributed by atoms with Gasteiger partial charge in [0.25, 0.3) is 0 Å². The van der Waals surface area contributed by atoms with E-state index in [1.54, 1.807) is 24.3 Å². The Balaban J connectivity index is 0.00000661. The van der Waals surface area contributed by atoms with Gasteiger partial charge in [-0.2, -0.15) is 0 Å². The summed E-state index contributed by atoms with van der Waals surface area (Å²) in [5.41, 5.74) is 1.63. The third-order valence-corrected chi connectivity index (χ3v) is 10.3. The van der Waals surface area contributed by atoms with Crippen LogP contribution in [0, 0.1) is 0 Å². The van der Waals surface area contributed by atoms with E-state index in [1.807, 2.05) is 0 Å². The van der Waals surface area contributed by atoms with Gasteiger partial charge in [-0.05, 0) is 61.0 Å². The molecule has 0 unspecified atom stereocenters. The van der Waals surface area contributed by atoms with Crippen LogP contribution in [0.15, 0.2) is 63.8 Å². The smallest absolute Gasteiger partial charge is 0.872 e. The summed E-state index contributed by atoms with van der Waals surface area (Å²) in [5.74, 6) is -1.30. The van der Waals surface area contributed by atoms with Gasteiger partial charge in [-0.25, -0.2) is 4.79 Å². The minimum Gasteiger partial charge on any atom is -0.872 e. The summed E-state index contributed by atoms with van der Waals surface area (Å²) >= 11 is 5.44. The Bertz CT molecular complexity index is 2090. The molecule has 2 aromatic carbocycles. The number of hydrogen-bond acceptors (Lipinski definition) is 16. The topological polar surface area (TPSA) is 293 Å². The van der Waals surface area contributed by atoms with Crippen LogP contribution in [0.5, 0.6) is 5.75 Å². The van der Waals surface area contributed by atoms with Crippen molar-refractivity contribution in [2.24, 2.45) is 0 Å². The third-order valence-electron chi connectivity index (χ3n) is 10.0. The first-order valence-electron chi connectivity index (χ1n) is 18.6. The summed E-state index contributed by atoms with van der Waals surface area (Å²) in [6.07, 6.45) is -12.5. The Morgan fingerprint density at radius 1 is 0.797 bits per heavy atom. The van der Waals surface area contributed by atoms with Crippen molar-refractivity contribution in [3.63, 3.8) is 0 Å². The second-order valence-corrected chi connectivity index (χ2v) is 14.4. The number of hydrogen-bond donors (Lipinski definition) is 10. The van der Waals surface area contributed by atoms with E-state index in [0.717, 1.165) is 6.42 Å². The van der Waals surface area contributed by atoms with Crippen molar-refractivity contribution >= 4 is 40.0 Å². The Labute approximate surface area is 364 Å². The fourth-order valence-electron chi connectivity index (χ4n) is 7.01. The van der Waals surface area contributed by atoms with Crippen LogP contribution >= 0.6 is 12.2 Å². The first-order chi connectivity index (χ1) is 27.8. The number of aliphatic hydroxyl groups excluding tert-OH is 7. The second-order valence-electron chi connectivity index (χ2n) is 14.0. The predicted octanol–water partition coefficient (Wildman–Crippen LogP) is -3.17. The van der Waals surface area contributed by atoms with Gasteiger partial charge >= 0.3 is 35.5 Å². The molecule has 3 heterocycles. The molecule has 18 nitrogen and oxygen atoms in total. The van der Waals surface area contributed by atoms with Gasteiger partial charge in [0, 0.05) is 41.4 Å². The van der Waals surface area contributed by atoms with Gasteiger partial charge in [-0.15, -0.1) is 5.75 Å². The maximum atomic E-state index is 12.5. The van der Waals surface area contributed by atoms with E-state index in [2.05, 4.69) is 10.6 Å². The van der Waals surface area contributed by atoms with Crippen molar-refractivity contribution < 1.29 is 104 Å². The van der Waals surface area contributed by atoms with Gasteiger partial charge in [0.1, 0.15) is 60.2 Å². The average molecular weight is 853 g/mol. The molecule has 314 valence electrons. The van der Waals surface area contributed by atoms with E-state index in [9.17, 15) is 55.5 Å². The third kappa shape index (κ3) is 10.8. The summed E-state index contributed by atoms with van der Waals surface area (Å²) in [6.45, 7) is -0.731. The van der Waals surface area contributed by atoms with Crippen LogP contribution in [0.25, 0.3) is 33.4 Å². The molecule has 4 aliphatic rings. The first-order valence-corrected chi connectivity index (χ1v) is 19.0. The van der Waals surface area contributed by atoms with E-state index in [1.165, 1.54) is 30.3 Å². The van der Waals surface area contributed by atoms with Crippen molar-refractivity contribution in [3.8, 4) is 28.2 Å². The zero-order valence-corrected chi connectivity index (χ0v) is 34.7. The molecule has 6 rings (SSSR count). The predicted molar refractivity (Wildman–Crippen MR) is 206 cm³/mol. The minimum absolute atomic E-state index is 0. The number of carboxylic acids is 1. The maximum absolute atomic E-state index is 12.5. The largest absolute Gasteiger partial charge is 1.00 e. The fourth-order valence-corrected chi connectivity index (χ4v) is 7.23. The number of thiocarbonyl (C=S) groups is 1. The molecule has 0 amide bonds. The molecule has 0 radical (unpaired) electrons. The molecule has 0 saturated carbocycles. The fraction of sp³-hybridized carbons (Fsp3) is 0.462. The molecule has 0 bridgehead atoms. The molecule has 0 spiro atoms. The molecule has 10 atom stereocenters. The van der Waals surface area contributed by atoms with Crippen molar-refractivity contribution in [2.75, 3.05) is 31.7 Å². The number of fused-ring (bicyclic) bond motifs is 2. The van der Waals surface area contributed by atoms with E-state index < -0.39 is 80.6 Å². The number of rotatable bonds is 15. The molecule has 3 aliphatic heterocycles. The van der Waals surface area contributed by atoms with Gasteiger partial charge in [0.2, 0.25) is 0 Å². The molecule has 0 aromatic heterocycles. The summed E-state index contributed by atoms with van der Waals surface area (Å²) in [6, 6.07) is 13.1. The van der Waals surface area contributed by atoms with Crippen LogP contribution in [-0.2, 0) is 18.9 Å². The Morgan fingerprint density at radius 2 is 1.49 bits per heavy atom. The van der Waals surface area contributed by atoms with Gasteiger partial charge in [0.15, 0.2) is 23.1 Å². The SMILES string of the molecule is O=C(O)c1cc(NC(=S)NCCCCCCO[C@@H]2O[C@H](CO)[C@@H](O[C@@H]3O[C@H](CO)[C@H](O)[C@H](O)[C@H]3O)[C@H](O)[C@H]2O)ccc1-c1c2ccc(=O)cc-2oc2cc([O-])ccc12.[Na+]. The zero-order valence-electron chi connectivity index (χ0n) is 31.9. The van der Waals surface area contributed by atoms with Gasteiger partial charge < -0.3 is 80.0 Å². The maximum Gasteiger partial charge on any atom is 1.00 e. The Morgan fingerprint density at radius 3 is 2.22 bits per heavy atom. The molecular formula is C39H45N2NaO16S. The number of aromatic carboxylic acids is 1. The van der Waals surface area contributed by atoms with Gasteiger partial charge in [0.05, 0.1) is 18.8 Å². The van der Waals surface area contributed by atoms with E-state index in [4.69, 9.17) is 35.6 Å². The number of carboxylic acid groups (broad SMARTS) is 1. The Hall–Kier alpha value is -3.35. The number of unbranched alkanes of at least 4 members (excludes halogenated alkanes) is 3. The summed E-state index contributed by atoms with van der Waals surface area (Å²) < 4.78 is 28.0. The molecular weight excluding hydrogens is 807 g/mol. The van der Waals surface area contributed by atoms with Gasteiger partial charge in [-0.3, -0.25) is 4.79 Å². The van der Waals surface area contributed by atoms with Crippen LogP contribution in [0.3, 0.4) is 0 Å². The number of carbonyl (C=O) groups is 1. The quantitative estimate of drug-likeness (QED) is 0.0244. The van der Waals surface area contributed by atoms with Crippen LogP contribution in [-0.4, -0.2) is 140 Å². The molecule has 20 heteroatoms. The molecule has 59 heavy (non-hydrogen) atoms. The van der Waals surface area contributed by atoms with Crippen LogP contribution in [0.4, 0.5) is 5.69 Å². The average Bonchev–Trinajstić information content (AvgIpc) is 3.20. The van der Waals surface area contributed by atoms with Gasteiger partial charge in [-0.1, -0.05) is 31.0 Å². The van der Waals surface area contributed by atoms with E-state index >= 15 is 0 Å². The minimum atomic E-state index is -1.77. The molecule has 2 saturated heterocycles. The first kappa shape index (κ1) is 46.7. The molecule has 2 aromatic rings. The zero-order chi connectivity index (χ0) is 41.7. The summed E-state index contributed by atoms with van der Waals surface area (Å²) in [7, 11) is 0. The standard InChI is InChI=1S/C39H46N2O16S.Na/c42-16-27-30(46)31(47)33(49)38(55-27)57-35-28(17-43)56-37(34(50)32(35)48)53-12-4-2-1-3-11-40-39(58)41-18-5-8-21(24(13-18)36(51)52)29-22-9-6-19(44)14-25(22)54-26-15-20(45)7-10-23(26)29;/h5-10,13-15,27-28,30-35,37-38,42-44,46-50H,1-4,11-12,16-17H2,(H,51,52)(H2,40,41,58);/q;+1/p-1/t27-,28-,30+,31+,32-,33-,34-,35-,37-,38+;/m1./s1. The van der Waals surface area contributed by atoms with Crippen molar-refractivity contribution in [1.82, 2.24) is 5.32 Å². The second kappa shape index (κ2) is 21.0. The van der Waals surface area contributed by atoms with Crippen LogP contribution in [0.2, 0.25) is 0 Å². The molecule has 1 aliphatic carbocycles. The monoisotopic (exact) mass is 852 g/mol. The summed E-state index contributed by atoms with van der Waals surface area (Å²) in [4.78, 5) is 24.6. The van der Waals surface area contributed by atoms with E-state index in [0.29, 0.717) is 53.6 Å². The number of benzene rings is 3. The number of ether oxygens (including phenoxy) is 4. The van der Waals surface area contributed by atoms with Crippen LogP contribution in [0.1, 0.15) is 36.0 Å². The van der Waals surface area contributed by atoms with Crippen LogP contribution < -0.4 is 50.7 Å². The van der Waals surface area contributed by atoms with E-state index in [-0.39, 0.29) is 69.4 Å². The number of aliphatic hydroxyl groups is 7. The summed E-state index contributed by atoms with van der Waals surface area (Å²) in [5, 5.41) is 100. The van der Waals surface area contributed by atoms with Crippen molar-refractivity contribution in [1.29, 1.82) is 0 Å². The normalized spacial score (nSPS) is 27.0. The Kier molecular flexibility index (Phi) is 16.6. The molecule has 2 fully saturated rings. The molecule has 10 N–H and O–H groups in total. The van der Waals surface area contributed by atoms with Crippen molar-refractivity contribution in [3.05, 3.63) is 70.4 Å². The number of anilines is 1. The number of nitrogens with one attached hydrogen (secondary N) is 2.